The van der Waals surface area contributed by atoms with E-state index in [0.29, 0.717) is 6.61 Å². The molecule has 0 fully saturated rings. The summed E-state index contributed by atoms with van der Waals surface area (Å²) in [4.78, 5) is 0. The number of rotatable bonds is 5. The van der Waals surface area contributed by atoms with Crippen LogP contribution in [0.4, 0.5) is 0 Å². The number of hydrogen-bond acceptors (Lipinski definition) is 2. The van der Waals surface area contributed by atoms with Gasteiger partial charge in [0.1, 0.15) is 0 Å². The first-order valence-corrected chi connectivity index (χ1v) is 5.00. The van der Waals surface area contributed by atoms with Crippen LogP contribution in [0.1, 0.15) is 20.8 Å². The minimum absolute atomic E-state index is 0.245. The van der Waals surface area contributed by atoms with Crippen molar-refractivity contribution in [2.75, 3.05) is 19.8 Å². The molecule has 0 aliphatic heterocycles. The van der Waals surface area contributed by atoms with Gasteiger partial charge in [-0.25, -0.2) is 0 Å². The summed E-state index contributed by atoms with van der Waals surface area (Å²) in [6.45, 7) is 26.2. The Morgan fingerprint density at radius 3 is 1.53 bits per heavy atom. The van der Waals surface area contributed by atoms with Crippen LogP contribution in [0.2, 0.25) is 0 Å². The molecule has 1 atom stereocenters. The summed E-state index contributed by atoms with van der Waals surface area (Å²) in [6, 6.07) is 0. The molecule has 0 rings (SSSR count). The van der Waals surface area contributed by atoms with E-state index in [1.807, 2.05) is 20.8 Å². The summed E-state index contributed by atoms with van der Waals surface area (Å²) in [7, 11) is 0. The van der Waals surface area contributed by atoms with E-state index in [1.54, 1.807) is 0 Å². The molecule has 0 saturated carbocycles. The third kappa shape index (κ3) is 43.3. The van der Waals surface area contributed by atoms with Crippen LogP contribution in [-0.4, -0.2) is 25.9 Å². The van der Waals surface area contributed by atoms with Gasteiger partial charge in [0, 0.05) is 13.2 Å². The van der Waals surface area contributed by atoms with Gasteiger partial charge in [-0.3, -0.25) is 0 Å². The fourth-order valence-electron chi connectivity index (χ4n) is 0.616. The molecule has 0 radical (unpaired) electrons. The third-order valence-electron chi connectivity index (χ3n) is 1.01. The van der Waals surface area contributed by atoms with E-state index in [9.17, 15) is 0 Å². The Labute approximate surface area is 96.3 Å². The van der Waals surface area contributed by atoms with Gasteiger partial charge in [0.25, 0.3) is 0 Å². The highest BCUT2D eigenvalue weighted by Crippen LogP contribution is 1.90. The Kier molecular flexibility index (Phi) is 60.1. The molecule has 0 amide bonds. The van der Waals surface area contributed by atoms with E-state index < -0.39 is 0 Å². The van der Waals surface area contributed by atoms with Crippen molar-refractivity contribution in [1.82, 2.24) is 0 Å². The van der Waals surface area contributed by atoms with Gasteiger partial charge in [-0.15, -0.1) is 39.5 Å². The highest BCUT2D eigenvalue weighted by atomic mass is 16.5. The van der Waals surface area contributed by atoms with Crippen molar-refractivity contribution in [3.05, 3.63) is 39.5 Å². The molecule has 0 saturated heterocycles. The highest BCUT2D eigenvalue weighted by Gasteiger charge is 1.97. The molecule has 0 bridgehead atoms. The lowest BCUT2D eigenvalue weighted by Crippen LogP contribution is -2.15. The molecule has 2 nitrogen and oxygen atoms in total. The molecule has 0 spiro atoms. The topological polar surface area (TPSA) is 18.5 Å². The second kappa shape index (κ2) is 38.0. The van der Waals surface area contributed by atoms with Crippen molar-refractivity contribution in [2.45, 2.75) is 26.9 Å². The Balaban J connectivity index is -0.0000000860. The van der Waals surface area contributed by atoms with Crippen molar-refractivity contribution >= 4 is 0 Å². The predicted octanol–water partition coefficient (Wildman–Crippen LogP) is 3.85. The molecule has 0 aromatic heterocycles. The standard InChI is InChI=1S/C7H16O2.3C2H4/c1-4-8-6-7(3)9-5-2;3*1-2/h7H,4-6H2,1-3H3;3*1-2H2. The van der Waals surface area contributed by atoms with E-state index in [-0.39, 0.29) is 6.10 Å². The number of hydrogen-bond donors (Lipinski definition) is 0. The largest absolute Gasteiger partial charge is 0.379 e. The van der Waals surface area contributed by atoms with Gasteiger partial charge in [0.05, 0.1) is 12.7 Å². The zero-order valence-electron chi connectivity index (χ0n) is 10.8. The van der Waals surface area contributed by atoms with Crippen LogP contribution in [0.15, 0.2) is 39.5 Å². The number of ether oxygens (including phenoxy) is 2. The smallest absolute Gasteiger partial charge is 0.0780 e. The zero-order chi connectivity index (χ0) is 13.1. The van der Waals surface area contributed by atoms with Gasteiger partial charge < -0.3 is 9.47 Å². The molecular weight excluding hydrogens is 188 g/mol. The van der Waals surface area contributed by atoms with Crippen LogP contribution in [-0.2, 0) is 9.47 Å². The molecule has 0 N–H and O–H groups in total. The van der Waals surface area contributed by atoms with Gasteiger partial charge in [0.15, 0.2) is 0 Å². The third-order valence-corrected chi connectivity index (χ3v) is 1.01. The van der Waals surface area contributed by atoms with Gasteiger partial charge in [-0.2, -0.15) is 0 Å². The summed E-state index contributed by atoms with van der Waals surface area (Å²) in [5, 5.41) is 0. The Morgan fingerprint density at radius 2 is 1.27 bits per heavy atom. The minimum atomic E-state index is 0.245. The normalized spacial score (nSPS) is 9.00. The fraction of sp³-hybridized carbons (Fsp3) is 0.538. The Hall–Kier alpha value is -0.860. The molecular formula is C13H28O2. The molecule has 92 valence electrons. The second-order valence-electron chi connectivity index (χ2n) is 1.93. The van der Waals surface area contributed by atoms with Crippen LogP contribution < -0.4 is 0 Å². The first-order valence-electron chi connectivity index (χ1n) is 5.00. The average Bonchev–Trinajstić information content (AvgIpc) is 2.34. The van der Waals surface area contributed by atoms with Crippen LogP contribution >= 0.6 is 0 Å². The maximum Gasteiger partial charge on any atom is 0.0780 e. The summed E-state index contributed by atoms with van der Waals surface area (Å²) < 4.78 is 10.3. The predicted molar refractivity (Wildman–Crippen MR) is 71.3 cm³/mol. The van der Waals surface area contributed by atoms with E-state index in [1.165, 1.54) is 0 Å². The van der Waals surface area contributed by atoms with Crippen molar-refractivity contribution in [2.24, 2.45) is 0 Å². The highest BCUT2D eigenvalue weighted by molar-refractivity contribution is 4.44. The lowest BCUT2D eigenvalue weighted by Gasteiger charge is -2.09. The summed E-state index contributed by atoms with van der Waals surface area (Å²) in [6.07, 6.45) is 0.245. The van der Waals surface area contributed by atoms with Crippen molar-refractivity contribution < 1.29 is 9.47 Å². The Morgan fingerprint density at radius 1 is 0.867 bits per heavy atom. The average molecular weight is 216 g/mol. The SMILES string of the molecule is C=C.C=C.C=C.CCOCC(C)OCC. The quantitative estimate of drug-likeness (QED) is 0.650. The molecule has 2 heteroatoms. The van der Waals surface area contributed by atoms with E-state index in [4.69, 9.17) is 9.47 Å². The maximum absolute atomic E-state index is 5.22. The van der Waals surface area contributed by atoms with Gasteiger partial charge in [0.2, 0.25) is 0 Å². The van der Waals surface area contributed by atoms with Gasteiger partial charge in [-0.1, -0.05) is 0 Å². The van der Waals surface area contributed by atoms with Crippen molar-refractivity contribution in [1.29, 1.82) is 0 Å². The Bertz CT molecular complexity index is 79.9. The summed E-state index contributed by atoms with van der Waals surface area (Å²) >= 11 is 0. The van der Waals surface area contributed by atoms with Gasteiger partial charge in [-0.05, 0) is 20.8 Å². The molecule has 0 aromatic rings. The molecule has 0 aromatic carbocycles. The summed E-state index contributed by atoms with van der Waals surface area (Å²) in [5.74, 6) is 0. The molecule has 0 aliphatic rings. The van der Waals surface area contributed by atoms with Crippen LogP contribution in [0, 0.1) is 0 Å². The first kappa shape index (κ1) is 23.7. The van der Waals surface area contributed by atoms with Crippen molar-refractivity contribution in [3.8, 4) is 0 Å². The lowest BCUT2D eigenvalue weighted by atomic mass is 10.4. The molecule has 1 unspecified atom stereocenters. The lowest BCUT2D eigenvalue weighted by molar-refractivity contribution is 0.00215. The van der Waals surface area contributed by atoms with E-state index in [2.05, 4.69) is 39.5 Å². The van der Waals surface area contributed by atoms with Gasteiger partial charge >= 0.3 is 0 Å². The summed E-state index contributed by atoms with van der Waals surface area (Å²) in [5.41, 5.74) is 0. The van der Waals surface area contributed by atoms with Crippen LogP contribution in [0.3, 0.4) is 0 Å². The van der Waals surface area contributed by atoms with Crippen LogP contribution in [0.25, 0.3) is 0 Å². The van der Waals surface area contributed by atoms with Crippen molar-refractivity contribution in [3.63, 3.8) is 0 Å². The fourth-order valence-corrected chi connectivity index (χ4v) is 0.616. The van der Waals surface area contributed by atoms with Crippen LogP contribution in [0.5, 0.6) is 0 Å². The molecule has 0 aliphatic carbocycles. The molecule has 0 heterocycles. The van der Waals surface area contributed by atoms with E-state index >= 15 is 0 Å². The zero-order valence-corrected chi connectivity index (χ0v) is 10.8. The molecule has 15 heavy (non-hydrogen) atoms. The second-order valence-corrected chi connectivity index (χ2v) is 1.93. The monoisotopic (exact) mass is 216 g/mol. The van der Waals surface area contributed by atoms with E-state index in [0.717, 1.165) is 13.2 Å². The minimum Gasteiger partial charge on any atom is -0.379 e. The first-order chi connectivity index (χ1) is 7.31. The maximum atomic E-state index is 5.22.